The summed E-state index contributed by atoms with van der Waals surface area (Å²) in [5.74, 6) is 0.140. The Kier molecular flexibility index (Phi) is 6.87. The van der Waals surface area contributed by atoms with E-state index in [4.69, 9.17) is 0 Å². The van der Waals surface area contributed by atoms with Crippen LogP contribution in [-0.4, -0.2) is 22.6 Å². The Morgan fingerprint density at radius 1 is 0.969 bits per heavy atom. The number of thioether (sulfide) groups is 1. The van der Waals surface area contributed by atoms with Gasteiger partial charge in [-0.15, -0.1) is 11.3 Å². The Bertz CT molecular complexity index is 1270. The molecule has 32 heavy (non-hydrogen) atoms. The molecule has 0 unspecified atom stereocenters. The summed E-state index contributed by atoms with van der Waals surface area (Å²) in [4.78, 5) is 29.3. The summed E-state index contributed by atoms with van der Waals surface area (Å²) < 4.78 is 1.79. The summed E-state index contributed by atoms with van der Waals surface area (Å²) in [5.41, 5.74) is 5.52. The molecule has 0 aliphatic heterocycles. The highest BCUT2D eigenvalue weighted by Crippen LogP contribution is 2.31. The van der Waals surface area contributed by atoms with Gasteiger partial charge in [0.15, 0.2) is 4.34 Å². The SMILES string of the molecule is Cc1ccc(CNC(=O)CSc2nc3ccc(NC(=O)c4cccc(C)c4)cc3s2)cc1. The van der Waals surface area contributed by atoms with E-state index in [1.165, 1.54) is 28.7 Å². The molecule has 2 N–H and O–H groups in total. The number of rotatable bonds is 7. The van der Waals surface area contributed by atoms with E-state index in [0.29, 0.717) is 17.9 Å². The lowest BCUT2D eigenvalue weighted by Crippen LogP contribution is -2.24. The average Bonchev–Trinajstić information content (AvgIpc) is 3.19. The molecule has 7 heteroatoms. The van der Waals surface area contributed by atoms with E-state index in [9.17, 15) is 9.59 Å². The zero-order valence-electron chi connectivity index (χ0n) is 17.8. The third kappa shape index (κ3) is 5.75. The maximum Gasteiger partial charge on any atom is 0.255 e. The topological polar surface area (TPSA) is 71.1 Å². The lowest BCUT2D eigenvalue weighted by atomic mass is 10.1. The molecule has 4 rings (SSSR count). The summed E-state index contributed by atoms with van der Waals surface area (Å²) in [7, 11) is 0. The molecule has 0 radical (unpaired) electrons. The highest BCUT2D eigenvalue weighted by atomic mass is 32.2. The van der Waals surface area contributed by atoms with Crippen molar-refractivity contribution in [2.24, 2.45) is 0 Å². The number of anilines is 1. The van der Waals surface area contributed by atoms with Crippen molar-refractivity contribution in [1.82, 2.24) is 10.3 Å². The molecule has 0 aliphatic carbocycles. The Morgan fingerprint density at radius 3 is 2.56 bits per heavy atom. The summed E-state index contributed by atoms with van der Waals surface area (Å²) in [6, 6.07) is 21.3. The van der Waals surface area contributed by atoms with Crippen molar-refractivity contribution in [2.45, 2.75) is 24.7 Å². The van der Waals surface area contributed by atoms with E-state index in [0.717, 1.165) is 31.4 Å². The molecule has 0 aliphatic rings. The van der Waals surface area contributed by atoms with Crippen LogP contribution in [0.3, 0.4) is 0 Å². The first-order valence-electron chi connectivity index (χ1n) is 10.2. The number of fused-ring (bicyclic) bond motifs is 1. The largest absolute Gasteiger partial charge is 0.351 e. The van der Waals surface area contributed by atoms with Gasteiger partial charge in [0.05, 0.1) is 16.0 Å². The molecule has 0 fully saturated rings. The number of hydrogen-bond donors (Lipinski definition) is 2. The number of carbonyl (C=O) groups is 2. The minimum absolute atomic E-state index is 0.0269. The number of nitrogens with zero attached hydrogens (tertiary/aromatic N) is 1. The summed E-state index contributed by atoms with van der Waals surface area (Å²) in [6.45, 7) is 4.52. The second-order valence-corrected chi connectivity index (χ2v) is 9.79. The van der Waals surface area contributed by atoms with Crippen LogP contribution < -0.4 is 10.6 Å². The van der Waals surface area contributed by atoms with Crippen molar-refractivity contribution >= 4 is 50.8 Å². The molecule has 1 heterocycles. The number of thiazole rings is 1. The normalized spacial score (nSPS) is 10.8. The molecule has 0 spiro atoms. The Labute approximate surface area is 195 Å². The maximum absolute atomic E-state index is 12.5. The van der Waals surface area contributed by atoms with Crippen molar-refractivity contribution in [1.29, 1.82) is 0 Å². The first-order valence-corrected chi connectivity index (χ1v) is 12.0. The quantitative estimate of drug-likeness (QED) is 0.353. The van der Waals surface area contributed by atoms with Crippen LogP contribution >= 0.6 is 23.1 Å². The van der Waals surface area contributed by atoms with Gasteiger partial charge in [-0.3, -0.25) is 9.59 Å². The molecule has 0 saturated heterocycles. The fourth-order valence-corrected chi connectivity index (χ4v) is 5.06. The number of nitrogens with one attached hydrogen (secondary N) is 2. The molecule has 2 amide bonds. The summed E-state index contributed by atoms with van der Waals surface area (Å²) in [5, 5.41) is 5.88. The van der Waals surface area contributed by atoms with E-state index >= 15 is 0 Å². The van der Waals surface area contributed by atoms with E-state index < -0.39 is 0 Å². The number of amides is 2. The molecular weight excluding hydrogens is 438 g/mol. The first kappa shape index (κ1) is 22.0. The maximum atomic E-state index is 12.5. The van der Waals surface area contributed by atoms with Crippen LogP contribution in [0.1, 0.15) is 27.0 Å². The van der Waals surface area contributed by atoms with E-state index in [-0.39, 0.29) is 11.8 Å². The van der Waals surface area contributed by atoms with Gasteiger partial charge in [0.2, 0.25) is 5.91 Å². The van der Waals surface area contributed by atoms with Crippen LogP contribution in [-0.2, 0) is 11.3 Å². The van der Waals surface area contributed by atoms with Crippen LogP contribution in [0.15, 0.2) is 71.1 Å². The molecule has 1 aromatic heterocycles. The number of aromatic nitrogens is 1. The molecule has 0 atom stereocenters. The number of aryl methyl sites for hydroxylation is 2. The van der Waals surface area contributed by atoms with Gasteiger partial charge >= 0.3 is 0 Å². The molecule has 5 nitrogen and oxygen atoms in total. The zero-order valence-corrected chi connectivity index (χ0v) is 19.5. The predicted octanol–water partition coefficient (Wildman–Crippen LogP) is 5.57. The second kappa shape index (κ2) is 9.97. The minimum atomic E-state index is -0.141. The fraction of sp³-hybridized carbons (Fsp3) is 0.160. The number of carbonyl (C=O) groups excluding carboxylic acids is 2. The highest BCUT2D eigenvalue weighted by molar-refractivity contribution is 8.01. The van der Waals surface area contributed by atoms with Crippen LogP contribution in [0.4, 0.5) is 5.69 Å². The summed E-state index contributed by atoms with van der Waals surface area (Å²) >= 11 is 2.93. The van der Waals surface area contributed by atoms with Crippen molar-refractivity contribution in [3.63, 3.8) is 0 Å². The van der Waals surface area contributed by atoms with Crippen molar-refractivity contribution in [2.75, 3.05) is 11.1 Å². The van der Waals surface area contributed by atoms with Gasteiger partial charge < -0.3 is 10.6 Å². The average molecular weight is 462 g/mol. The molecule has 162 valence electrons. The zero-order chi connectivity index (χ0) is 22.5. The standard InChI is InChI=1S/C25H23N3O2S2/c1-16-6-8-18(9-7-16)14-26-23(29)15-31-25-28-21-11-10-20(13-22(21)32-25)27-24(30)19-5-3-4-17(2)12-19/h3-13H,14-15H2,1-2H3,(H,26,29)(H,27,30). The van der Waals surface area contributed by atoms with Crippen LogP contribution in [0.25, 0.3) is 10.2 Å². The van der Waals surface area contributed by atoms with Crippen LogP contribution in [0, 0.1) is 13.8 Å². The molecule has 0 bridgehead atoms. The van der Waals surface area contributed by atoms with Crippen molar-refractivity contribution < 1.29 is 9.59 Å². The third-order valence-electron chi connectivity index (χ3n) is 4.84. The Hall–Kier alpha value is -3.16. The number of benzene rings is 3. The van der Waals surface area contributed by atoms with Gasteiger partial charge in [0.1, 0.15) is 0 Å². The fourth-order valence-electron chi connectivity index (χ4n) is 3.12. The first-order chi connectivity index (χ1) is 15.5. The van der Waals surface area contributed by atoms with Crippen molar-refractivity contribution in [3.8, 4) is 0 Å². The Morgan fingerprint density at radius 2 is 1.78 bits per heavy atom. The van der Waals surface area contributed by atoms with E-state index in [2.05, 4.69) is 15.6 Å². The van der Waals surface area contributed by atoms with Gasteiger partial charge in [-0.25, -0.2) is 4.98 Å². The highest BCUT2D eigenvalue weighted by Gasteiger charge is 2.11. The monoisotopic (exact) mass is 461 g/mol. The molecule has 3 aromatic carbocycles. The minimum Gasteiger partial charge on any atom is -0.351 e. The van der Waals surface area contributed by atoms with E-state index in [1.807, 2.05) is 74.5 Å². The number of hydrogen-bond acceptors (Lipinski definition) is 5. The van der Waals surface area contributed by atoms with Crippen LogP contribution in [0.2, 0.25) is 0 Å². The third-order valence-corrected chi connectivity index (χ3v) is 7.01. The Balaban J connectivity index is 1.33. The van der Waals surface area contributed by atoms with Gasteiger partial charge in [-0.2, -0.15) is 0 Å². The lowest BCUT2D eigenvalue weighted by molar-refractivity contribution is -0.118. The molecular formula is C25H23N3O2S2. The van der Waals surface area contributed by atoms with Gasteiger partial charge in [-0.05, 0) is 49.7 Å². The smallest absolute Gasteiger partial charge is 0.255 e. The second-order valence-electron chi connectivity index (χ2n) is 7.54. The predicted molar refractivity (Wildman–Crippen MR) is 133 cm³/mol. The van der Waals surface area contributed by atoms with E-state index in [1.54, 1.807) is 6.07 Å². The molecule has 0 saturated carbocycles. The molecule has 4 aromatic rings. The lowest BCUT2D eigenvalue weighted by Gasteiger charge is -2.05. The van der Waals surface area contributed by atoms with Gasteiger partial charge in [0, 0.05) is 17.8 Å². The van der Waals surface area contributed by atoms with Gasteiger partial charge in [-0.1, -0.05) is 59.3 Å². The van der Waals surface area contributed by atoms with Crippen LogP contribution in [0.5, 0.6) is 0 Å². The summed E-state index contributed by atoms with van der Waals surface area (Å²) in [6.07, 6.45) is 0. The van der Waals surface area contributed by atoms with Gasteiger partial charge in [0.25, 0.3) is 5.91 Å². The van der Waals surface area contributed by atoms with Crippen molar-refractivity contribution in [3.05, 3.63) is 89.0 Å².